The molecule has 1 amide bonds. The van der Waals surface area contributed by atoms with Gasteiger partial charge in [-0.15, -0.1) is 0 Å². The molecule has 0 spiro atoms. The van der Waals surface area contributed by atoms with Gasteiger partial charge in [0.2, 0.25) is 0 Å². The number of hydrogen-bond donors (Lipinski definition) is 2. The van der Waals surface area contributed by atoms with Gasteiger partial charge < -0.3 is 15.0 Å². The molecule has 1 aliphatic heterocycles. The third-order valence-electron chi connectivity index (χ3n) is 5.87. The quantitative estimate of drug-likeness (QED) is 0.656. The van der Waals surface area contributed by atoms with Crippen LogP contribution in [0.2, 0.25) is 0 Å². The highest BCUT2D eigenvalue weighted by Crippen LogP contribution is 2.31. The van der Waals surface area contributed by atoms with Crippen LogP contribution in [-0.4, -0.2) is 42.5 Å². The summed E-state index contributed by atoms with van der Waals surface area (Å²) >= 11 is 0. The minimum Gasteiger partial charge on any atom is -0.496 e. The molecule has 5 heteroatoms. The summed E-state index contributed by atoms with van der Waals surface area (Å²) in [5, 5.41) is 4.25. The number of benzene rings is 2. The summed E-state index contributed by atoms with van der Waals surface area (Å²) in [6.45, 7) is 6.79. The number of nitrogens with zero attached hydrogens (tertiary/aromatic N) is 1. The van der Waals surface area contributed by atoms with Crippen molar-refractivity contribution in [1.82, 2.24) is 15.2 Å². The van der Waals surface area contributed by atoms with Crippen molar-refractivity contribution < 1.29 is 9.53 Å². The molecule has 5 nitrogen and oxygen atoms in total. The van der Waals surface area contributed by atoms with Crippen molar-refractivity contribution >= 4 is 16.8 Å². The van der Waals surface area contributed by atoms with E-state index in [2.05, 4.69) is 47.2 Å². The summed E-state index contributed by atoms with van der Waals surface area (Å²) in [4.78, 5) is 18.6. The second-order valence-corrected chi connectivity index (χ2v) is 7.94. The predicted octanol–water partition coefficient (Wildman–Crippen LogP) is 4.36. The van der Waals surface area contributed by atoms with Crippen LogP contribution in [0.3, 0.4) is 0 Å². The van der Waals surface area contributed by atoms with E-state index in [4.69, 9.17) is 4.74 Å². The average molecular weight is 392 g/mol. The minimum absolute atomic E-state index is 0.0719. The van der Waals surface area contributed by atoms with Crippen LogP contribution in [0.25, 0.3) is 10.9 Å². The first kappa shape index (κ1) is 19.5. The zero-order valence-electron chi connectivity index (χ0n) is 17.4. The standard InChI is InChI=1S/C24H29N3O2/c1-16-12-17(2)19-14-21(26-20(19)13-16)24(28)25-15-22(27-10-6-7-11-27)18-8-4-5-9-23(18)29-3/h4-5,8-9,12-14,22,26H,6-7,10-11,15H2,1-3H3,(H,25,28)/t22-/m0/s1. The Morgan fingerprint density at radius 2 is 1.93 bits per heavy atom. The van der Waals surface area contributed by atoms with Gasteiger partial charge in [-0.1, -0.05) is 24.3 Å². The van der Waals surface area contributed by atoms with Crippen LogP contribution in [0.15, 0.2) is 42.5 Å². The van der Waals surface area contributed by atoms with Crippen LogP contribution in [0.1, 0.15) is 46.1 Å². The lowest BCUT2D eigenvalue weighted by molar-refractivity contribution is 0.0933. The number of likely N-dealkylation sites (tertiary alicyclic amines) is 1. The van der Waals surface area contributed by atoms with Gasteiger partial charge in [-0.3, -0.25) is 9.69 Å². The van der Waals surface area contributed by atoms with Crippen molar-refractivity contribution in [3.8, 4) is 5.75 Å². The molecule has 2 N–H and O–H groups in total. The number of aromatic nitrogens is 1. The summed E-state index contributed by atoms with van der Waals surface area (Å²) in [7, 11) is 1.70. The van der Waals surface area contributed by atoms with Gasteiger partial charge in [0.05, 0.1) is 13.2 Å². The molecule has 0 bridgehead atoms. The maximum Gasteiger partial charge on any atom is 0.267 e. The number of fused-ring (bicyclic) bond motifs is 1. The van der Waals surface area contributed by atoms with Gasteiger partial charge in [0.15, 0.2) is 0 Å². The zero-order valence-corrected chi connectivity index (χ0v) is 17.4. The number of amides is 1. The number of aryl methyl sites for hydroxylation is 2. The van der Waals surface area contributed by atoms with Crippen molar-refractivity contribution in [2.75, 3.05) is 26.7 Å². The van der Waals surface area contributed by atoms with E-state index in [-0.39, 0.29) is 11.9 Å². The maximum atomic E-state index is 12.9. The Bertz CT molecular complexity index is 1020. The number of nitrogens with one attached hydrogen (secondary N) is 2. The summed E-state index contributed by atoms with van der Waals surface area (Å²) in [6.07, 6.45) is 2.39. The van der Waals surface area contributed by atoms with Crippen LogP contribution in [0.4, 0.5) is 0 Å². The lowest BCUT2D eigenvalue weighted by atomic mass is 10.0. The maximum absolute atomic E-state index is 12.9. The van der Waals surface area contributed by atoms with Crippen molar-refractivity contribution in [3.63, 3.8) is 0 Å². The average Bonchev–Trinajstić information content (AvgIpc) is 3.38. The number of methoxy groups -OCH3 is 1. The number of rotatable bonds is 6. The topological polar surface area (TPSA) is 57.4 Å². The van der Waals surface area contributed by atoms with E-state index in [1.807, 2.05) is 24.3 Å². The third-order valence-corrected chi connectivity index (χ3v) is 5.87. The number of ether oxygens (including phenoxy) is 1. The molecule has 2 aromatic carbocycles. The van der Waals surface area contributed by atoms with E-state index >= 15 is 0 Å². The fraction of sp³-hybridized carbons (Fsp3) is 0.375. The third kappa shape index (κ3) is 4.01. The van der Waals surface area contributed by atoms with Gasteiger partial charge in [-0.05, 0) is 69.1 Å². The molecule has 1 saturated heterocycles. The van der Waals surface area contributed by atoms with Gasteiger partial charge in [0.25, 0.3) is 5.91 Å². The largest absolute Gasteiger partial charge is 0.496 e. The normalized spacial score (nSPS) is 15.6. The fourth-order valence-electron chi connectivity index (χ4n) is 4.44. The Morgan fingerprint density at radius 3 is 2.69 bits per heavy atom. The molecule has 0 saturated carbocycles. The summed E-state index contributed by atoms with van der Waals surface area (Å²) in [5.74, 6) is 0.799. The van der Waals surface area contributed by atoms with Crippen molar-refractivity contribution in [2.45, 2.75) is 32.7 Å². The zero-order chi connectivity index (χ0) is 20.4. The first-order valence-electron chi connectivity index (χ1n) is 10.3. The Kier molecular flexibility index (Phi) is 5.58. The molecule has 152 valence electrons. The first-order valence-corrected chi connectivity index (χ1v) is 10.3. The molecule has 2 heterocycles. The first-order chi connectivity index (χ1) is 14.1. The fourth-order valence-corrected chi connectivity index (χ4v) is 4.44. The number of para-hydroxylation sites is 1. The SMILES string of the molecule is COc1ccccc1[C@H](CNC(=O)c1cc2c(C)cc(C)cc2[nH]1)N1CCCC1. The molecular weight excluding hydrogens is 362 g/mol. The van der Waals surface area contributed by atoms with Gasteiger partial charge in [0, 0.05) is 23.0 Å². The molecule has 0 aliphatic carbocycles. The van der Waals surface area contributed by atoms with Gasteiger partial charge in [-0.2, -0.15) is 0 Å². The smallest absolute Gasteiger partial charge is 0.267 e. The Balaban J connectivity index is 1.55. The van der Waals surface area contributed by atoms with Crippen LogP contribution in [0, 0.1) is 13.8 Å². The summed E-state index contributed by atoms with van der Waals surface area (Å²) in [6, 6.07) is 14.4. The van der Waals surface area contributed by atoms with E-state index in [9.17, 15) is 4.79 Å². The number of H-pyrrole nitrogens is 1. The van der Waals surface area contributed by atoms with Gasteiger partial charge in [-0.25, -0.2) is 0 Å². The molecule has 1 aliphatic rings. The van der Waals surface area contributed by atoms with Crippen LogP contribution in [0.5, 0.6) is 5.75 Å². The van der Waals surface area contributed by atoms with Crippen molar-refractivity contribution in [1.29, 1.82) is 0 Å². The summed E-state index contributed by atoms with van der Waals surface area (Å²) < 4.78 is 5.60. The number of hydrogen-bond acceptors (Lipinski definition) is 3. The van der Waals surface area contributed by atoms with Gasteiger partial charge in [0.1, 0.15) is 11.4 Å². The number of carbonyl (C=O) groups excluding carboxylic acids is 1. The predicted molar refractivity (Wildman–Crippen MR) is 117 cm³/mol. The molecule has 0 unspecified atom stereocenters. The lowest BCUT2D eigenvalue weighted by Crippen LogP contribution is -2.37. The Hall–Kier alpha value is -2.79. The van der Waals surface area contributed by atoms with E-state index < -0.39 is 0 Å². The molecule has 1 atom stereocenters. The second-order valence-electron chi connectivity index (χ2n) is 7.94. The Labute approximate surface area is 172 Å². The molecule has 4 rings (SSSR count). The molecule has 0 radical (unpaired) electrons. The molecular formula is C24H29N3O2. The lowest BCUT2D eigenvalue weighted by Gasteiger charge is -2.29. The molecule has 29 heavy (non-hydrogen) atoms. The number of aromatic amines is 1. The highest BCUT2D eigenvalue weighted by atomic mass is 16.5. The van der Waals surface area contributed by atoms with Crippen LogP contribution >= 0.6 is 0 Å². The number of carbonyl (C=O) groups is 1. The van der Waals surface area contributed by atoms with E-state index in [0.29, 0.717) is 12.2 Å². The second kappa shape index (κ2) is 8.29. The summed E-state index contributed by atoms with van der Waals surface area (Å²) in [5.41, 5.74) is 5.11. The van der Waals surface area contributed by atoms with E-state index in [1.165, 1.54) is 24.0 Å². The molecule has 3 aromatic rings. The molecule has 1 fully saturated rings. The van der Waals surface area contributed by atoms with E-state index in [1.54, 1.807) is 7.11 Å². The van der Waals surface area contributed by atoms with E-state index in [0.717, 1.165) is 35.3 Å². The monoisotopic (exact) mass is 391 g/mol. The van der Waals surface area contributed by atoms with Crippen molar-refractivity contribution in [3.05, 3.63) is 64.8 Å². The minimum atomic E-state index is -0.0719. The van der Waals surface area contributed by atoms with Crippen molar-refractivity contribution in [2.24, 2.45) is 0 Å². The Morgan fingerprint density at radius 1 is 1.17 bits per heavy atom. The highest BCUT2D eigenvalue weighted by Gasteiger charge is 2.26. The molecule has 1 aromatic heterocycles. The van der Waals surface area contributed by atoms with Crippen LogP contribution in [-0.2, 0) is 0 Å². The van der Waals surface area contributed by atoms with Crippen LogP contribution < -0.4 is 10.1 Å². The highest BCUT2D eigenvalue weighted by molar-refractivity contribution is 5.99. The van der Waals surface area contributed by atoms with Gasteiger partial charge >= 0.3 is 0 Å².